The Hall–Kier alpha value is -3.14. The third kappa shape index (κ3) is 26.3. The lowest BCUT2D eigenvalue weighted by Gasteiger charge is -2.33. The first-order chi connectivity index (χ1) is 24.1. The molecule has 15 nitrogen and oxygen atoms in total. The van der Waals surface area contributed by atoms with Gasteiger partial charge in [-0.25, -0.2) is 4.79 Å². The van der Waals surface area contributed by atoms with E-state index in [4.69, 9.17) is 19.9 Å². The van der Waals surface area contributed by atoms with Crippen molar-refractivity contribution in [2.24, 2.45) is 17.6 Å². The molecule has 0 aliphatic heterocycles. The molecule has 51 heavy (non-hydrogen) atoms. The highest BCUT2D eigenvalue weighted by Crippen LogP contribution is 2.14. The molecule has 0 radical (unpaired) electrons. The van der Waals surface area contributed by atoms with E-state index in [1.807, 2.05) is 39.4 Å². The van der Waals surface area contributed by atoms with Crippen molar-refractivity contribution < 1.29 is 42.9 Å². The predicted molar refractivity (Wildman–Crippen MR) is 199 cm³/mol. The van der Waals surface area contributed by atoms with Gasteiger partial charge in [0.25, 0.3) is 0 Å². The van der Waals surface area contributed by atoms with Gasteiger partial charge in [-0.05, 0) is 58.3 Å². The van der Waals surface area contributed by atoms with Crippen LogP contribution in [0, 0.1) is 11.8 Å². The number of amides is 4. The molecule has 0 saturated carbocycles. The lowest BCUT2D eigenvalue weighted by atomic mass is 9.92. The van der Waals surface area contributed by atoms with Crippen LogP contribution in [0.4, 0.5) is 4.79 Å². The topological polar surface area (TPSA) is 202 Å². The quantitative estimate of drug-likeness (QED) is 0.0257. The largest absolute Gasteiger partial charge is 0.379 e. The minimum atomic E-state index is -1.00. The summed E-state index contributed by atoms with van der Waals surface area (Å²) in [5, 5.41) is 11.4. The zero-order chi connectivity index (χ0) is 38.7. The SMILES string of the molecule is CC(=O)C(CCCNC(N)=O)NC(=O)C(NC(C)(C)C(=O)CCOCCOCCOCCN/[N+](C)=C/CCCCCNC(=O)CC(C)C)C(C)C. The molecule has 0 aromatic rings. The summed E-state index contributed by atoms with van der Waals surface area (Å²) in [4.78, 5) is 60.8. The van der Waals surface area contributed by atoms with Crippen LogP contribution >= 0.6 is 0 Å². The van der Waals surface area contributed by atoms with E-state index in [9.17, 15) is 24.0 Å². The van der Waals surface area contributed by atoms with Crippen molar-refractivity contribution in [3.05, 3.63) is 0 Å². The molecule has 0 spiro atoms. The minimum absolute atomic E-state index is 0.105. The second-order valence-corrected chi connectivity index (χ2v) is 14.1. The number of Topliss-reactive ketones (excluding diaryl/α,β-unsaturated/α-hetero) is 2. The van der Waals surface area contributed by atoms with Crippen molar-refractivity contribution in [1.82, 2.24) is 26.7 Å². The third-order valence-electron chi connectivity index (χ3n) is 7.96. The summed E-state index contributed by atoms with van der Waals surface area (Å²) in [5.74, 6) is -0.296. The van der Waals surface area contributed by atoms with Gasteiger partial charge in [-0.3, -0.25) is 24.5 Å². The molecule has 0 rings (SSSR count). The second-order valence-electron chi connectivity index (χ2n) is 14.1. The smallest absolute Gasteiger partial charge is 0.312 e. The fourth-order valence-electron chi connectivity index (χ4n) is 4.94. The number of nitrogens with zero attached hydrogens (tertiary/aromatic N) is 1. The van der Waals surface area contributed by atoms with E-state index in [1.54, 1.807) is 13.8 Å². The number of hydrazone groups is 1. The molecule has 0 heterocycles. The van der Waals surface area contributed by atoms with E-state index in [-0.39, 0.29) is 42.3 Å². The second kappa shape index (κ2) is 28.4. The van der Waals surface area contributed by atoms with E-state index in [1.165, 1.54) is 6.92 Å². The monoisotopic (exact) mass is 729 g/mol. The summed E-state index contributed by atoms with van der Waals surface area (Å²) < 4.78 is 18.7. The first-order valence-electron chi connectivity index (χ1n) is 18.5. The molecule has 4 amide bonds. The molecule has 0 aromatic carbocycles. The van der Waals surface area contributed by atoms with Crippen LogP contribution in [-0.4, -0.2) is 124 Å². The number of urea groups is 1. The molecular weight excluding hydrogens is 658 g/mol. The first-order valence-corrected chi connectivity index (χ1v) is 18.5. The maximum absolute atomic E-state index is 13.1. The van der Waals surface area contributed by atoms with E-state index in [0.29, 0.717) is 71.3 Å². The van der Waals surface area contributed by atoms with Crippen LogP contribution < -0.4 is 32.4 Å². The van der Waals surface area contributed by atoms with E-state index in [0.717, 1.165) is 32.2 Å². The lowest BCUT2D eigenvalue weighted by Crippen LogP contribution is -2.60. The molecule has 0 aliphatic carbocycles. The van der Waals surface area contributed by atoms with Gasteiger partial charge in [0.15, 0.2) is 24.8 Å². The maximum Gasteiger partial charge on any atom is 0.312 e. The predicted octanol–water partition coefficient (Wildman–Crippen LogP) is 1.85. The molecule has 0 bridgehead atoms. The van der Waals surface area contributed by atoms with Gasteiger partial charge in [-0.1, -0.05) is 34.1 Å². The van der Waals surface area contributed by atoms with Crippen LogP contribution in [-0.2, 0) is 33.4 Å². The Morgan fingerprint density at radius 2 is 1.41 bits per heavy atom. The fraction of sp³-hybridized carbons (Fsp3) is 0.833. The average molecular weight is 729 g/mol. The maximum atomic E-state index is 13.1. The zero-order valence-corrected chi connectivity index (χ0v) is 32.7. The fourth-order valence-corrected chi connectivity index (χ4v) is 4.94. The number of carbonyl (C=O) groups excluding carboxylic acids is 5. The van der Waals surface area contributed by atoms with Gasteiger partial charge >= 0.3 is 6.03 Å². The number of ketones is 2. The van der Waals surface area contributed by atoms with Gasteiger partial charge in [0.1, 0.15) is 0 Å². The van der Waals surface area contributed by atoms with Crippen LogP contribution in [0.1, 0.15) is 99.8 Å². The Labute approximate surface area is 306 Å². The summed E-state index contributed by atoms with van der Waals surface area (Å²) in [6, 6.07) is -2.06. The van der Waals surface area contributed by atoms with Gasteiger partial charge in [0, 0.05) is 32.4 Å². The van der Waals surface area contributed by atoms with Crippen LogP contribution in [0.25, 0.3) is 0 Å². The number of ether oxygens (including phenoxy) is 3. The van der Waals surface area contributed by atoms with E-state index in [2.05, 4.69) is 32.9 Å². The molecule has 2 unspecified atom stereocenters. The molecule has 0 saturated heterocycles. The first kappa shape index (κ1) is 47.9. The van der Waals surface area contributed by atoms with Crippen LogP contribution in [0.5, 0.6) is 0 Å². The number of rotatable bonds is 32. The Bertz CT molecular complexity index is 1050. The van der Waals surface area contributed by atoms with Crippen LogP contribution in [0.2, 0.25) is 0 Å². The van der Waals surface area contributed by atoms with Crippen molar-refractivity contribution in [1.29, 1.82) is 0 Å². The normalized spacial score (nSPS) is 13.2. The van der Waals surface area contributed by atoms with E-state index >= 15 is 0 Å². The van der Waals surface area contributed by atoms with Crippen molar-refractivity contribution in [2.45, 2.75) is 117 Å². The minimum Gasteiger partial charge on any atom is -0.379 e. The number of primary amides is 1. The summed E-state index contributed by atoms with van der Waals surface area (Å²) in [5.41, 5.74) is 7.33. The van der Waals surface area contributed by atoms with E-state index < -0.39 is 23.7 Å². The number of nitrogens with two attached hydrogens (primary N) is 1. The van der Waals surface area contributed by atoms with Crippen molar-refractivity contribution in [2.75, 3.05) is 66.3 Å². The summed E-state index contributed by atoms with van der Waals surface area (Å²) in [6.07, 6.45) is 7.77. The molecule has 7 N–H and O–H groups in total. The van der Waals surface area contributed by atoms with Gasteiger partial charge in [-0.2, -0.15) is 5.43 Å². The highest BCUT2D eigenvalue weighted by molar-refractivity contribution is 5.91. The summed E-state index contributed by atoms with van der Waals surface area (Å²) in [6.45, 7) is 16.8. The van der Waals surface area contributed by atoms with Gasteiger partial charge < -0.3 is 35.9 Å². The number of hydrogen-bond acceptors (Lipinski definition) is 10. The standard InChI is InChI=1S/C36H69N7O8/c1-27(2)26-32(46)38-16-11-9-10-12-19-43(8)40-18-21-50-23-25-51-24-22-49-20-15-31(45)36(6,7)42-33(28(3)4)34(47)41-30(29(5)44)14-13-17-39-35(37)48/h19,27-28,30,33,40,42H,9-18,20-26H2,1-8H3,(H4-,37,38,39,41,46,47,48)/p+1/b43-19+. The molecule has 296 valence electrons. The van der Waals surface area contributed by atoms with Crippen molar-refractivity contribution in [3.8, 4) is 0 Å². The Morgan fingerprint density at radius 3 is 2.00 bits per heavy atom. The van der Waals surface area contributed by atoms with Gasteiger partial charge in [0.05, 0.1) is 63.8 Å². The lowest BCUT2D eigenvalue weighted by molar-refractivity contribution is -0.556. The highest BCUT2D eigenvalue weighted by Gasteiger charge is 2.35. The average Bonchev–Trinajstić information content (AvgIpc) is 3.04. The number of hydrazine groups is 1. The van der Waals surface area contributed by atoms with Crippen molar-refractivity contribution >= 4 is 35.6 Å². The molecule has 0 aliphatic rings. The highest BCUT2D eigenvalue weighted by atomic mass is 16.5. The third-order valence-corrected chi connectivity index (χ3v) is 7.96. The number of unbranched alkanes of at least 4 members (excludes halogenated alkanes) is 3. The van der Waals surface area contributed by atoms with Crippen LogP contribution in [0.15, 0.2) is 0 Å². The molecule has 2 atom stereocenters. The Kier molecular flexibility index (Phi) is 26.7. The molecular formula is C36H70N7O8+. The van der Waals surface area contributed by atoms with Crippen molar-refractivity contribution in [3.63, 3.8) is 0 Å². The summed E-state index contributed by atoms with van der Waals surface area (Å²) >= 11 is 0. The zero-order valence-electron chi connectivity index (χ0n) is 32.7. The molecule has 0 aromatic heterocycles. The number of carbonyl (C=O) groups is 5. The Balaban J connectivity index is 4.10. The number of hydrogen-bond donors (Lipinski definition) is 6. The Morgan fingerprint density at radius 1 is 0.804 bits per heavy atom. The van der Waals surface area contributed by atoms with Crippen LogP contribution in [0.3, 0.4) is 0 Å². The van der Waals surface area contributed by atoms with Gasteiger partial charge in [0.2, 0.25) is 11.8 Å². The molecule has 0 fully saturated rings. The van der Waals surface area contributed by atoms with Gasteiger partial charge in [-0.15, -0.1) is 4.68 Å². The molecule has 15 heteroatoms. The summed E-state index contributed by atoms with van der Waals surface area (Å²) in [7, 11) is 1.97. The number of nitrogens with one attached hydrogen (secondary N) is 5.